The van der Waals surface area contributed by atoms with Gasteiger partial charge in [0.2, 0.25) is 10.0 Å². The van der Waals surface area contributed by atoms with Crippen molar-refractivity contribution in [3.05, 3.63) is 29.8 Å². The van der Waals surface area contributed by atoms with Gasteiger partial charge in [-0.3, -0.25) is 5.26 Å². The Kier molecular flexibility index (Phi) is 4.46. The van der Waals surface area contributed by atoms with Gasteiger partial charge in [0.05, 0.1) is 18.1 Å². The zero-order chi connectivity index (χ0) is 14.8. The molecule has 0 aliphatic carbocycles. The summed E-state index contributed by atoms with van der Waals surface area (Å²) in [4.78, 5) is 4.62. The molecule has 1 N–H and O–H groups in total. The molecule has 2 rings (SSSR count). The van der Waals surface area contributed by atoms with Gasteiger partial charge in [-0.15, -0.1) is 0 Å². The Morgan fingerprint density at radius 1 is 1.20 bits per heavy atom. The highest BCUT2D eigenvalue weighted by Crippen LogP contribution is 2.25. The van der Waals surface area contributed by atoms with Gasteiger partial charge in [-0.25, -0.2) is 13.3 Å². The Bertz CT molecular complexity index is 547. The van der Waals surface area contributed by atoms with Gasteiger partial charge in [-0.05, 0) is 31.5 Å². The second-order valence-corrected chi connectivity index (χ2v) is 7.08. The van der Waals surface area contributed by atoms with Gasteiger partial charge in [-0.2, -0.15) is 4.31 Å². The molecule has 0 aromatic heterocycles. The van der Waals surface area contributed by atoms with Gasteiger partial charge in [0.1, 0.15) is 5.60 Å². The number of hydrogen-bond donors (Lipinski definition) is 1. The first kappa shape index (κ1) is 15.4. The number of nitrogens with zero attached hydrogens (tertiary/aromatic N) is 1. The zero-order valence-corrected chi connectivity index (χ0v) is 12.4. The van der Waals surface area contributed by atoms with E-state index in [2.05, 4.69) is 4.89 Å². The Balaban J connectivity index is 2.25. The monoisotopic (exact) mass is 301 g/mol. The number of morpholine rings is 1. The van der Waals surface area contributed by atoms with Crippen LogP contribution < -0.4 is 0 Å². The summed E-state index contributed by atoms with van der Waals surface area (Å²) in [5.41, 5.74) is -0.178. The van der Waals surface area contributed by atoms with E-state index in [4.69, 9.17) is 9.99 Å². The molecular weight excluding hydrogens is 282 g/mol. The van der Waals surface area contributed by atoms with E-state index in [1.165, 1.54) is 16.4 Å². The normalized spacial score (nSPS) is 18.1. The van der Waals surface area contributed by atoms with Crippen LogP contribution in [0.4, 0.5) is 0 Å². The van der Waals surface area contributed by atoms with E-state index in [0.29, 0.717) is 31.9 Å². The van der Waals surface area contributed by atoms with E-state index in [0.717, 1.165) is 0 Å². The van der Waals surface area contributed by atoms with E-state index in [9.17, 15) is 8.42 Å². The predicted molar refractivity (Wildman–Crippen MR) is 72.8 cm³/mol. The molecule has 1 aromatic rings. The Hall–Kier alpha value is -0.990. The fraction of sp³-hybridized carbons (Fsp3) is 0.538. The number of hydrogen-bond acceptors (Lipinski definition) is 5. The summed E-state index contributed by atoms with van der Waals surface area (Å²) in [6.45, 7) is 4.97. The fourth-order valence-corrected chi connectivity index (χ4v) is 3.42. The van der Waals surface area contributed by atoms with Crippen molar-refractivity contribution < 1.29 is 23.3 Å². The highest BCUT2D eigenvalue weighted by Gasteiger charge is 2.27. The summed E-state index contributed by atoms with van der Waals surface area (Å²) >= 11 is 0. The van der Waals surface area contributed by atoms with Crippen molar-refractivity contribution in [1.29, 1.82) is 0 Å². The summed E-state index contributed by atoms with van der Waals surface area (Å²) in [6.07, 6.45) is 0. The molecule has 1 aromatic carbocycles. The summed E-state index contributed by atoms with van der Waals surface area (Å²) in [6, 6.07) is 6.34. The SMILES string of the molecule is CC(C)(OO)c1ccc(S(=O)(=O)N2CCOCC2)cc1. The van der Waals surface area contributed by atoms with Crippen molar-refractivity contribution in [3.63, 3.8) is 0 Å². The molecule has 0 amide bonds. The van der Waals surface area contributed by atoms with Crippen LogP contribution in [0.25, 0.3) is 0 Å². The number of benzene rings is 1. The van der Waals surface area contributed by atoms with Crippen LogP contribution in [0, 0.1) is 0 Å². The maximum absolute atomic E-state index is 12.4. The van der Waals surface area contributed by atoms with Crippen molar-refractivity contribution in [3.8, 4) is 0 Å². The van der Waals surface area contributed by atoms with Crippen LogP contribution in [0.5, 0.6) is 0 Å². The number of rotatable bonds is 4. The molecule has 0 bridgehead atoms. The Morgan fingerprint density at radius 3 is 2.25 bits per heavy atom. The van der Waals surface area contributed by atoms with Gasteiger partial charge in [-0.1, -0.05) is 12.1 Å². The van der Waals surface area contributed by atoms with Crippen LogP contribution in [0.3, 0.4) is 0 Å². The summed E-state index contributed by atoms with van der Waals surface area (Å²) in [7, 11) is -3.48. The molecule has 1 heterocycles. The predicted octanol–water partition coefficient (Wildman–Crippen LogP) is 1.43. The van der Waals surface area contributed by atoms with Crippen LogP contribution in [0.1, 0.15) is 19.4 Å². The minimum absolute atomic E-state index is 0.233. The second kappa shape index (κ2) is 5.79. The van der Waals surface area contributed by atoms with Crippen molar-refractivity contribution in [2.75, 3.05) is 26.3 Å². The first-order valence-corrected chi connectivity index (χ1v) is 7.83. The molecule has 0 atom stereocenters. The molecule has 1 fully saturated rings. The zero-order valence-electron chi connectivity index (χ0n) is 11.6. The Labute approximate surface area is 118 Å². The van der Waals surface area contributed by atoms with E-state index < -0.39 is 15.6 Å². The van der Waals surface area contributed by atoms with Crippen LogP contribution in [0.2, 0.25) is 0 Å². The topological polar surface area (TPSA) is 76.1 Å². The molecule has 1 saturated heterocycles. The van der Waals surface area contributed by atoms with E-state index in [-0.39, 0.29) is 4.90 Å². The van der Waals surface area contributed by atoms with Crippen LogP contribution in [-0.2, 0) is 25.2 Å². The third-order valence-corrected chi connectivity index (χ3v) is 5.30. The minimum Gasteiger partial charge on any atom is -0.379 e. The number of ether oxygens (including phenoxy) is 1. The molecule has 1 aliphatic heterocycles. The molecule has 112 valence electrons. The molecule has 0 radical (unpaired) electrons. The first-order valence-electron chi connectivity index (χ1n) is 6.39. The average Bonchev–Trinajstić information content (AvgIpc) is 2.48. The molecule has 7 heteroatoms. The first-order chi connectivity index (χ1) is 9.38. The lowest BCUT2D eigenvalue weighted by molar-refractivity contribution is -0.318. The molecule has 20 heavy (non-hydrogen) atoms. The molecular formula is C13H19NO5S. The molecule has 0 spiro atoms. The van der Waals surface area contributed by atoms with Crippen molar-refractivity contribution in [2.45, 2.75) is 24.3 Å². The molecule has 0 saturated carbocycles. The smallest absolute Gasteiger partial charge is 0.243 e. The largest absolute Gasteiger partial charge is 0.379 e. The summed E-state index contributed by atoms with van der Waals surface area (Å²) < 4.78 is 31.4. The van der Waals surface area contributed by atoms with Crippen LogP contribution in [-0.4, -0.2) is 44.3 Å². The van der Waals surface area contributed by atoms with E-state index >= 15 is 0 Å². The Morgan fingerprint density at radius 2 is 1.75 bits per heavy atom. The third-order valence-electron chi connectivity index (χ3n) is 3.39. The fourth-order valence-electron chi connectivity index (χ4n) is 2.02. The van der Waals surface area contributed by atoms with Gasteiger partial charge >= 0.3 is 0 Å². The van der Waals surface area contributed by atoms with Crippen LogP contribution >= 0.6 is 0 Å². The lowest BCUT2D eigenvalue weighted by Crippen LogP contribution is -2.40. The van der Waals surface area contributed by atoms with E-state index in [1.807, 2.05) is 0 Å². The third kappa shape index (κ3) is 3.02. The van der Waals surface area contributed by atoms with Crippen LogP contribution in [0.15, 0.2) is 29.2 Å². The van der Waals surface area contributed by atoms with Gasteiger partial charge in [0.15, 0.2) is 0 Å². The minimum atomic E-state index is -3.48. The van der Waals surface area contributed by atoms with Gasteiger partial charge in [0.25, 0.3) is 0 Å². The molecule has 6 nitrogen and oxygen atoms in total. The standard InChI is InChI=1S/C13H19NO5S/c1-13(2,19-15)11-3-5-12(6-4-11)20(16,17)14-7-9-18-10-8-14/h3-6,15H,7-10H2,1-2H3. The van der Waals surface area contributed by atoms with Crippen molar-refractivity contribution in [2.24, 2.45) is 0 Å². The van der Waals surface area contributed by atoms with Crippen molar-refractivity contribution in [1.82, 2.24) is 4.31 Å². The van der Waals surface area contributed by atoms with Gasteiger partial charge in [0, 0.05) is 13.1 Å². The van der Waals surface area contributed by atoms with Crippen molar-refractivity contribution >= 4 is 10.0 Å². The average molecular weight is 301 g/mol. The number of sulfonamides is 1. The summed E-state index contributed by atoms with van der Waals surface area (Å²) in [5.74, 6) is 0. The maximum atomic E-state index is 12.4. The maximum Gasteiger partial charge on any atom is 0.243 e. The highest BCUT2D eigenvalue weighted by atomic mass is 32.2. The van der Waals surface area contributed by atoms with E-state index in [1.54, 1.807) is 26.0 Å². The highest BCUT2D eigenvalue weighted by molar-refractivity contribution is 7.89. The van der Waals surface area contributed by atoms with Gasteiger partial charge < -0.3 is 4.74 Å². The quantitative estimate of drug-likeness (QED) is 0.672. The molecule has 1 aliphatic rings. The second-order valence-electron chi connectivity index (χ2n) is 5.14. The lowest BCUT2D eigenvalue weighted by atomic mass is 9.99. The summed E-state index contributed by atoms with van der Waals surface area (Å²) in [5, 5.41) is 8.84. The molecule has 0 unspecified atom stereocenters. The lowest BCUT2D eigenvalue weighted by Gasteiger charge is -2.26.